The second kappa shape index (κ2) is 5.94. The Balaban J connectivity index is 1.77. The molecule has 23 heavy (non-hydrogen) atoms. The molecule has 2 aliphatic heterocycles. The van der Waals surface area contributed by atoms with Crippen molar-refractivity contribution in [1.82, 2.24) is 4.90 Å². The summed E-state index contributed by atoms with van der Waals surface area (Å²) in [5.41, 5.74) is 0.396. The fourth-order valence-corrected chi connectivity index (χ4v) is 2.49. The Morgan fingerprint density at radius 2 is 2.09 bits per heavy atom. The average Bonchev–Trinajstić information content (AvgIpc) is 2.93. The number of nitrogens with zero attached hydrogens (tertiary/aromatic N) is 2. The Labute approximate surface area is 130 Å². The van der Waals surface area contributed by atoms with Crippen LogP contribution in [0.4, 0.5) is 18.0 Å². The summed E-state index contributed by atoms with van der Waals surface area (Å²) in [6.45, 7) is 0.950. The molecule has 0 saturated carbocycles. The highest BCUT2D eigenvalue weighted by molar-refractivity contribution is 6.03. The number of hydrogen-bond donors (Lipinski definition) is 0. The third-order valence-electron chi connectivity index (χ3n) is 3.51. The van der Waals surface area contributed by atoms with Crippen LogP contribution in [0.25, 0.3) is 0 Å². The quantitative estimate of drug-likeness (QED) is 0.839. The number of dihydropyridines is 1. The van der Waals surface area contributed by atoms with E-state index in [1.165, 1.54) is 17.0 Å². The van der Waals surface area contributed by atoms with E-state index in [2.05, 4.69) is 9.73 Å². The first-order chi connectivity index (χ1) is 10.9. The third kappa shape index (κ3) is 3.46. The number of amides is 1. The number of hydrogen-bond acceptors (Lipinski definition) is 4. The first-order valence-corrected chi connectivity index (χ1v) is 6.96. The minimum Gasteiger partial charge on any atom is -0.447 e. The number of cyclic esters (lactones) is 1. The molecule has 0 aliphatic carbocycles. The number of benzene rings is 1. The van der Waals surface area contributed by atoms with Crippen molar-refractivity contribution in [3.8, 4) is 5.75 Å². The van der Waals surface area contributed by atoms with Gasteiger partial charge in [-0.25, -0.2) is 4.79 Å². The number of halogens is 3. The molecule has 1 atom stereocenters. The molecule has 1 unspecified atom stereocenters. The summed E-state index contributed by atoms with van der Waals surface area (Å²) in [7, 11) is 0. The lowest BCUT2D eigenvalue weighted by molar-refractivity contribution is -0.274. The Bertz CT molecular complexity index is 670. The summed E-state index contributed by atoms with van der Waals surface area (Å²) in [5.74, 6) is -0.136. The molecule has 0 N–H and O–H groups in total. The Morgan fingerprint density at radius 1 is 1.30 bits per heavy atom. The summed E-state index contributed by atoms with van der Waals surface area (Å²) < 4.78 is 46.3. The van der Waals surface area contributed by atoms with Crippen molar-refractivity contribution < 1.29 is 27.4 Å². The molecule has 1 saturated heterocycles. The lowest BCUT2D eigenvalue weighted by Crippen LogP contribution is -2.32. The van der Waals surface area contributed by atoms with Gasteiger partial charge in [0.05, 0.1) is 13.1 Å². The summed E-state index contributed by atoms with van der Waals surface area (Å²) in [6.07, 6.45) is -1.88. The maximum Gasteiger partial charge on any atom is 0.573 e. The highest BCUT2D eigenvalue weighted by atomic mass is 19.4. The van der Waals surface area contributed by atoms with Gasteiger partial charge in [-0.2, -0.15) is 0 Å². The zero-order valence-electron chi connectivity index (χ0n) is 11.9. The number of rotatable bonds is 2. The predicted octanol–water partition coefficient (Wildman–Crippen LogP) is 3.09. The van der Waals surface area contributed by atoms with Crippen molar-refractivity contribution >= 4 is 11.9 Å². The van der Waals surface area contributed by atoms with Crippen LogP contribution < -0.4 is 4.74 Å². The van der Waals surface area contributed by atoms with E-state index in [1.807, 2.05) is 0 Å². The van der Waals surface area contributed by atoms with E-state index in [0.29, 0.717) is 24.6 Å². The van der Waals surface area contributed by atoms with Crippen LogP contribution in [0.3, 0.4) is 0 Å². The minimum absolute atomic E-state index is 0.230. The molecule has 0 radical (unpaired) electrons. The largest absolute Gasteiger partial charge is 0.573 e. The maximum absolute atomic E-state index is 12.5. The first-order valence-electron chi connectivity index (χ1n) is 6.96. The van der Waals surface area contributed by atoms with Crippen LogP contribution in [0.1, 0.15) is 11.5 Å². The van der Waals surface area contributed by atoms with Crippen LogP contribution in [0, 0.1) is 0 Å². The van der Waals surface area contributed by atoms with E-state index in [0.717, 1.165) is 0 Å². The van der Waals surface area contributed by atoms with Crippen LogP contribution >= 0.6 is 0 Å². The molecular weight excluding hydrogens is 313 g/mol. The monoisotopic (exact) mass is 326 g/mol. The van der Waals surface area contributed by atoms with Crippen molar-refractivity contribution in [2.24, 2.45) is 4.99 Å². The van der Waals surface area contributed by atoms with Crippen LogP contribution in [-0.2, 0) is 4.74 Å². The molecule has 0 aromatic heterocycles. The third-order valence-corrected chi connectivity index (χ3v) is 3.51. The summed E-state index contributed by atoms with van der Waals surface area (Å²) in [6, 6.07) is 5.96. The van der Waals surface area contributed by atoms with Crippen molar-refractivity contribution in [3.63, 3.8) is 0 Å². The summed E-state index contributed by atoms with van der Waals surface area (Å²) >= 11 is 0. The fourth-order valence-electron chi connectivity index (χ4n) is 2.49. The van der Waals surface area contributed by atoms with Gasteiger partial charge in [0, 0.05) is 11.5 Å². The summed E-state index contributed by atoms with van der Waals surface area (Å²) in [4.78, 5) is 17.1. The maximum atomic E-state index is 12.5. The number of aliphatic imine (C=N–C) groups is 1. The van der Waals surface area contributed by atoms with Gasteiger partial charge >= 0.3 is 12.5 Å². The average molecular weight is 326 g/mol. The van der Waals surface area contributed by atoms with Crippen molar-refractivity contribution in [1.29, 1.82) is 0 Å². The highest BCUT2D eigenvalue weighted by Gasteiger charge is 2.33. The number of carbonyl (C=O) groups is 1. The molecule has 1 aromatic carbocycles. The Kier molecular flexibility index (Phi) is 3.97. The zero-order valence-corrected chi connectivity index (χ0v) is 11.9. The topological polar surface area (TPSA) is 51.1 Å². The van der Waals surface area contributed by atoms with Crippen LogP contribution in [0.15, 0.2) is 41.4 Å². The van der Waals surface area contributed by atoms with Gasteiger partial charge in [0.15, 0.2) is 0 Å². The van der Waals surface area contributed by atoms with Gasteiger partial charge in [0.2, 0.25) is 0 Å². The Hall–Kier alpha value is -2.51. The molecule has 1 fully saturated rings. The second-order valence-electron chi connectivity index (χ2n) is 5.02. The molecule has 1 amide bonds. The van der Waals surface area contributed by atoms with Gasteiger partial charge in [0.1, 0.15) is 18.2 Å². The molecule has 2 aliphatic rings. The number of alkyl halides is 3. The SMILES string of the molecule is O=C1OCCN1C1=NCC(c2ccccc2OC(F)(F)F)C=C1. The van der Waals surface area contributed by atoms with E-state index in [4.69, 9.17) is 4.74 Å². The molecule has 0 spiro atoms. The number of carbonyl (C=O) groups excluding carboxylic acids is 1. The lowest BCUT2D eigenvalue weighted by atomic mass is 9.96. The van der Waals surface area contributed by atoms with Gasteiger partial charge in [-0.1, -0.05) is 24.3 Å². The highest BCUT2D eigenvalue weighted by Crippen LogP contribution is 2.33. The number of amidine groups is 1. The van der Waals surface area contributed by atoms with Gasteiger partial charge in [-0.05, 0) is 12.1 Å². The molecule has 122 valence electrons. The fraction of sp³-hybridized carbons (Fsp3) is 0.333. The molecule has 8 heteroatoms. The van der Waals surface area contributed by atoms with Crippen molar-refractivity contribution in [2.45, 2.75) is 12.3 Å². The standard InChI is InChI=1S/C15H13F3N2O3/c16-15(17,18)23-12-4-2-1-3-11(12)10-5-6-13(19-9-10)20-7-8-22-14(20)21/h1-6,10H,7-9H2. The van der Waals surface area contributed by atoms with Crippen molar-refractivity contribution in [2.75, 3.05) is 19.7 Å². The first kappa shape index (κ1) is 15.4. The summed E-state index contributed by atoms with van der Waals surface area (Å²) in [5, 5.41) is 0. The van der Waals surface area contributed by atoms with Gasteiger partial charge in [0.25, 0.3) is 0 Å². The van der Waals surface area contributed by atoms with E-state index in [-0.39, 0.29) is 18.2 Å². The van der Waals surface area contributed by atoms with E-state index < -0.39 is 12.5 Å². The molecule has 1 aromatic rings. The van der Waals surface area contributed by atoms with Gasteiger partial charge in [-0.3, -0.25) is 9.89 Å². The molecule has 2 heterocycles. The predicted molar refractivity (Wildman–Crippen MR) is 75.4 cm³/mol. The van der Waals surface area contributed by atoms with Crippen molar-refractivity contribution in [3.05, 3.63) is 42.0 Å². The van der Waals surface area contributed by atoms with E-state index in [9.17, 15) is 18.0 Å². The second-order valence-corrected chi connectivity index (χ2v) is 5.02. The molecule has 5 nitrogen and oxygen atoms in total. The molecule has 3 rings (SSSR count). The molecule has 0 bridgehead atoms. The van der Waals surface area contributed by atoms with Crippen LogP contribution in [-0.4, -0.2) is 42.9 Å². The van der Waals surface area contributed by atoms with Gasteiger partial charge in [-0.15, -0.1) is 13.2 Å². The minimum atomic E-state index is -4.75. The lowest BCUT2D eigenvalue weighted by Gasteiger charge is -2.22. The Morgan fingerprint density at radius 3 is 2.70 bits per heavy atom. The normalized spacial score (nSPS) is 21.2. The van der Waals surface area contributed by atoms with Crippen LogP contribution in [0.2, 0.25) is 0 Å². The van der Waals surface area contributed by atoms with Crippen LogP contribution in [0.5, 0.6) is 5.75 Å². The van der Waals surface area contributed by atoms with E-state index in [1.54, 1.807) is 24.3 Å². The number of para-hydroxylation sites is 1. The van der Waals surface area contributed by atoms with Gasteiger partial charge < -0.3 is 9.47 Å². The van der Waals surface area contributed by atoms with E-state index >= 15 is 0 Å². The smallest absolute Gasteiger partial charge is 0.447 e. The molecular formula is C15H13F3N2O3. The number of ether oxygens (including phenoxy) is 2. The zero-order chi connectivity index (χ0) is 16.4.